The summed E-state index contributed by atoms with van der Waals surface area (Å²) in [7, 11) is 0. The molecule has 2 rings (SSSR count). The minimum absolute atomic E-state index is 0.805. The van der Waals surface area contributed by atoms with Crippen LogP contribution in [0.4, 0.5) is 0 Å². The predicted octanol–water partition coefficient (Wildman–Crippen LogP) is 4.43. The maximum absolute atomic E-state index is 5.53. The van der Waals surface area contributed by atoms with E-state index in [4.69, 9.17) is 5.73 Å². The molecule has 1 aromatic carbocycles. The average molecular weight is 360 g/mol. The second-order valence-electron chi connectivity index (χ2n) is 5.41. The quantitative estimate of drug-likeness (QED) is 0.548. The van der Waals surface area contributed by atoms with E-state index in [1.165, 1.54) is 30.5 Å². The highest BCUT2D eigenvalue weighted by atomic mass is 79.9. The summed E-state index contributed by atoms with van der Waals surface area (Å²) in [5.41, 5.74) is 7.98. The van der Waals surface area contributed by atoms with Crippen LogP contribution in [0.2, 0.25) is 0 Å². The molecule has 0 unspecified atom stereocenters. The number of halogens is 1. The fourth-order valence-corrected chi connectivity index (χ4v) is 2.64. The lowest BCUT2D eigenvalue weighted by atomic mass is 10.1. The highest BCUT2D eigenvalue weighted by molar-refractivity contribution is 9.10. The number of benzene rings is 1. The van der Waals surface area contributed by atoms with Crippen molar-refractivity contribution in [2.24, 2.45) is 5.73 Å². The van der Waals surface area contributed by atoms with E-state index in [1.807, 2.05) is 0 Å². The molecular weight excluding hydrogens is 336 g/mol. The third-order valence-corrected chi connectivity index (χ3v) is 4.17. The van der Waals surface area contributed by atoms with Gasteiger partial charge in [0.1, 0.15) is 6.54 Å². The van der Waals surface area contributed by atoms with Crippen molar-refractivity contribution in [3.05, 3.63) is 64.4 Å². The summed E-state index contributed by atoms with van der Waals surface area (Å²) in [5.74, 6) is 0. The zero-order chi connectivity index (χ0) is 15.6. The molecule has 2 nitrogen and oxygen atoms in total. The second kappa shape index (κ2) is 9.54. The Bertz CT molecular complexity index is 591. The highest BCUT2D eigenvalue weighted by Gasteiger charge is 2.05. The van der Waals surface area contributed by atoms with Gasteiger partial charge in [0.15, 0.2) is 6.20 Å². The van der Waals surface area contributed by atoms with E-state index in [9.17, 15) is 0 Å². The van der Waals surface area contributed by atoms with Crippen molar-refractivity contribution >= 4 is 28.1 Å². The number of pyridine rings is 1. The van der Waals surface area contributed by atoms with Crippen molar-refractivity contribution in [2.75, 3.05) is 6.54 Å². The van der Waals surface area contributed by atoms with E-state index in [-0.39, 0.29) is 0 Å². The molecule has 0 bridgehead atoms. The van der Waals surface area contributed by atoms with E-state index in [2.05, 4.69) is 81.3 Å². The van der Waals surface area contributed by atoms with Gasteiger partial charge in [0.25, 0.3) is 0 Å². The first-order valence-corrected chi connectivity index (χ1v) is 8.71. The van der Waals surface area contributed by atoms with Crippen LogP contribution in [-0.2, 0) is 6.54 Å². The van der Waals surface area contributed by atoms with Gasteiger partial charge in [-0.3, -0.25) is 0 Å². The van der Waals surface area contributed by atoms with Crippen LogP contribution < -0.4 is 10.3 Å². The van der Waals surface area contributed by atoms with Crippen molar-refractivity contribution < 1.29 is 4.57 Å². The van der Waals surface area contributed by atoms with Crippen LogP contribution in [0.25, 0.3) is 12.2 Å². The summed E-state index contributed by atoms with van der Waals surface area (Å²) in [6.45, 7) is 1.87. The molecule has 0 saturated heterocycles. The Morgan fingerprint density at radius 1 is 0.909 bits per heavy atom. The lowest BCUT2D eigenvalue weighted by Crippen LogP contribution is -2.36. The maximum Gasteiger partial charge on any atom is 0.205 e. The van der Waals surface area contributed by atoms with E-state index < -0.39 is 0 Å². The van der Waals surface area contributed by atoms with E-state index in [0.717, 1.165) is 24.0 Å². The minimum atomic E-state index is 0.805. The number of aromatic nitrogens is 1. The minimum Gasteiger partial charge on any atom is -0.330 e. The SMILES string of the molecule is NCCCCCC[n+]1ccccc1/C=C/c1ccc(Br)cc1. The van der Waals surface area contributed by atoms with Crippen molar-refractivity contribution in [2.45, 2.75) is 32.2 Å². The third kappa shape index (κ3) is 5.74. The lowest BCUT2D eigenvalue weighted by molar-refractivity contribution is -0.699. The summed E-state index contributed by atoms with van der Waals surface area (Å²) in [6, 6.07) is 14.7. The number of hydrogen-bond donors (Lipinski definition) is 1. The molecule has 0 saturated carbocycles. The molecule has 22 heavy (non-hydrogen) atoms. The fraction of sp³-hybridized carbons (Fsp3) is 0.316. The van der Waals surface area contributed by atoms with Gasteiger partial charge in [0.2, 0.25) is 5.69 Å². The monoisotopic (exact) mass is 359 g/mol. The first-order valence-electron chi connectivity index (χ1n) is 7.92. The highest BCUT2D eigenvalue weighted by Crippen LogP contribution is 2.12. The van der Waals surface area contributed by atoms with Gasteiger partial charge in [0.05, 0.1) is 0 Å². The molecule has 1 heterocycles. The van der Waals surface area contributed by atoms with Crippen molar-refractivity contribution in [1.29, 1.82) is 0 Å². The van der Waals surface area contributed by atoms with E-state index in [1.54, 1.807) is 0 Å². The van der Waals surface area contributed by atoms with Crippen molar-refractivity contribution in [3.63, 3.8) is 0 Å². The molecule has 0 fully saturated rings. The Morgan fingerprint density at radius 3 is 2.45 bits per heavy atom. The van der Waals surface area contributed by atoms with Gasteiger partial charge in [-0.25, -0.2) is 0 Å². The lowest BCUT2D eigenvalue weighted by Gasteiger charge is -2.01. The van der Waals surface area contributed by atoms with Gasteiger partial charge >= 0.3 is 0 Å². The zero-order valence-corrected chi connectivity index (χ0v) is 14.5. The average Bonchev–Trinajstić information content (AvgIpc) is 2.55. The molecule has 2 N–H and O–H groups in total. The van der Waals surface area contributed by atoms with Gasteiger partial charge in [-0.1, -0.05) is 34.5 Å². The fourth-order valence-electron chi connectivity index (χ4n) is 2.38. The Morgan fingerprint density at radius 2 is 1.68 bits per heavy atom. The largest absolute Gasteiger partial charge is 0.330 e. The molecule has 2 aromatic rings. The first-order chi connectivity index (χ1) is 10.8. The number of hydrogen-bond acceptors (Lipinski definition) is 1. The van der Waals surface area contributed by atoms with Gasteiger partial charge in [-0.2, -0.15) is 4.57 Å². The molecule has 0 aliphatic rings. The van der Waals surface area contributed by atoms with Crippen LogP contribution >= 0.6 is 15.9 Å². The standard InChI is InChI=1S/C19H24BrN2/c20-18-11-8-17(9-12-18)10-13-19-7-3-6-16-22(19)15-5-2-1-4-14-21/h3,6-13,16H,1-2,4-5,14-15,21H2/q+1/b13-10+. The second-order valence-corrected chi connectivity index (χ2v) is 6.32. The van der Waals surface area contributed by atoms with Crippen LogP contribution in [0.15, 0.2) is 53.1 Å². The molecule has 0 aliphatic carbocycles. The number of unbranched alkanes of at least 4 members (excludes halogenated alkanes) is 3. The molecule has 0 amide bonds. The molecule has 116 valence electrons. The molecule has 3 heteroatoms. The Kier molecular flexibility index (Phi) is 7.34. The first kappa shape index (κ1) is 16.9. The van der Waals surface area contributed by atoms with Gasteiger partial charge in [-0.15, -0.1) is 0 Å². The van der Waals surface area contributed by atoms with Crippen LogP contribution in [0.3, 0.4) is 0 Å². The van der Waals surface area contributed by atoms with Crippen LogP contribution in [0.5, 0.6) is 0 Å². The maximum atomic E-state index is 5.53. The number of nitrogens with zero attached hydrogens (tertiary/aromatic N) is 1. The predicted molar refractivity (Wildman–Crippen MR) is 97.2 cm³/mol. The third-order valence-electron chi connectivity index (χ3n) is 3.65. The Labute approximate surface area is 141 Å². The molecule has 0 aliphatic heterocycles. The van der Waals surface area contributed by atoms with Crippen LogP contribution in [-0.4, -0.2) is 6.54 Å². The molecule has 0 spiro atoms. The normalized spacial score (nSPS) is 11.2. The molecular formula is C19H24BrN2+. The summed E-state index contributed by atoms with van der Waals surface area (Å²) < 4.78 is 3.43. The summed E-state index contributed by atoms with van der Waals surface area (Å²) >= 11 is 3.46. The summed E-state index contributed by atoms with van der Waals surface area (Å²) in [6.07, 6.45) is 11.3. The van der Waals surface area contributed by atoms with Crippen molar-refractivity contribution in [3.8, 4) is 0 Å². The van der Waals surface area contributed by atoms with Gasteiger partial charge in [-0.05, 0) is 49.2 Å². The number of nitrogens with two attached hydrogens (primary N) is 1. The molecule has 0 radical (unpaired) electrons. The number of aryl methyl sites for hydroxylation is 1. The van der Waals surface area contributed by atoms with Crippen LogP contribution in [0.1, 0.15) is 36.9 Å². The number of rotatable bonds is 8. The molecule has 1 aromatic heterocycles. The molecule has 0 atom stereocenters. The van der Waals surface area contributed by atoms with Gasteiger partial charge < -0.3 is 5.73 Å². The van der Waals surface area contributed by atoms with E-state index >= 15 is 0 Å². The smallest absolute Gasteiger partial charge is 0.205 e. The zero-order valence-electron chi connectivity index (χ0n) is 12.9. The van der Waals surface area contributed by atoms with Crippen molar-refractivity contribution in [1.82, 2.24) is 0 Å². The van der Waals surface area contributed by atoms with Crippen LogP contribution in [0, 0.1) is 0 Å². The Hall–Kier alpha value is -1.45. The summed E-state index contributed by atoms with van der Waals surface area (Å²) in [5, 5.41) is 0. The summed E-state index contributed by atoms with van der Waals surface area (Å²) in [4.78, 5) is 0. The Balaban J connectivity index is 1.97. The topological polar surface area (TPSA) is 29.9 Å². The van der Waals surface area contributed by atoms with Gasteiger partial charge in [0, 0.05) is 29.1 Å². The van der Waals surface area contributed by atoms with E-state index in [0.29, 0.717) is 0 Å².